The van der Waals surface area contributed by atoms with Gasteiger partial charge >= 0.3 is 0 Å². The van der Waals surface area contributed by atoms with Gasteiger partial charge in [-0.25, -0.2) is 5.32 Å². The van der Waals surface area contributed by atoms with E-state index in [0.717, 1.165) is 12.8 Å². The summed E-state index contributed by atoms with van der Waals surface area (Å²) < 4.78 is 10.1. The zero-order valence-corrected chi connectivity index (χ0v) is 7.45. The molecule has 0 bridgehead atoms. The van der Waals surface area contributed by atoms with Crippen LogP contribution in [0, 0.1) is 0 Å². The second kappa shape index (κ2) is 3.18. The van der Waals surface area contributed by atoms with Crippen LogP contribution in [0.15, 0.2) is 0 Å². The van der Waals surface area contributed by atoms with E-state index in [1.807, 2.05) is 0 Å². The molecular formula is C8H15NO4. The lowest BCUT2D eigenvalue weighted by atomic mass is 10.2. The third-order valence-corrected chi connectivity index (χ3v) is 2.39. The van der Waals surface area contributed by atoms with Crippen molar-refractivity contribution in [3.63, 3.8) is 0 Å². The normalized spacial score (nSPS) is 45.7. The molecule has 2 aliphatic heterocycles. The second-order valence-electron chi connectivity index (χ2n) is 3.60. The van der Waals surface area contributed by atoms with E-state index < -0.39 is 11.8 Å². The molecule has 0 aromatic rings. The van der Waals surface area contributed by atoms with E-state index in [9.17, 15) is 10.2 Å². The Morgan fingerprint density at radius 3 is 1.69 bits per heavy atom. The maximum absolute atomic E-state index is 9.74. The highest BCUT2D eigenvalue weighted by Gasteiger charge is 2.43. The first kappa shape index (κ1) is 9.36. The molecule has 2 fully saturated rings. The lowest BCUT2D eigenvalue weighted by Gasteiger charge is -2.32. The lowest BCUT2D eigenvalue weighted by molar-refractivity contribution is -0.289. The fourth-order valence-corrected chi connectivity index (χ4v) is 1.75. The van der Waals surface area contributed by atoms with Crippen molar-refractivity contribution in [2.75, 3.05) is 13.2 Å². The third kappa shape index (κ3) is 2.00. The molecule has 0 saturated carbocycles. The average Bonchev–Trinajstić information content (AvgIpc) is 2.60. The number of aliphatic hydroxyl groups is 2. The Bertz CT molecular complexity index is 165. The number of ether oxygens (including phenoxy) is 2. The van der Waals surface area contributed by atoms with Crippen molar-refractivity contribution in [2.45, 2.75) is 37.5 Å². The highest BCUT2D eigenvalue weighted by Crippen LogP contribution is 2.27. The molecule has 0 aromatic heterocycles. The summed E-state index contributed by atoms with van der Waals surface area (Å²) in [5, 5.41) is 22.1. The summed E-state index contributed by atoms with van der Waals surface area (Å²) in [6, 6.07) is 0. The predicted molar refractivity (Wildman–Crippen MR) is 43.4 cm³/mol. The minimum absolute atomic E-state index is 0.485. The molecule has 0 spiro atoms. The molecule has 2 heterocycles. The lowest BCUT2D eigenvalue weighted by Crippen LogP contribution is -2.57. The molecule has 0 amide bonds. The summed E-state index contributed by atoms with van der Waals surface area (Å²) in [6.07, 6.45) is 2.55. The third-order valence-electron chi connectivity index (χ3n) is 2.39. The number of nitrogens with one attached hydrogen (secondary N) is 1. The van der Waals surface area contributed by atoms with Gasteiger partial charge < -0.3 is 19.7 Å². The topological polar surface area (TPSA) is 71.0 Å². The van der Waals surface area contributed by atoms with Crippen molar-refractivity contribution in [2.24, 2.45) is 0 Å². The van der Waals surface area contributed by atoms with Gasteiger partial charge in [0.25, 0.3) is 0 Å². The summed E-state index contributed by atoms with van der Waals surface area (Å²) >= 11 is 0. The number of hydrogen-bond donors (Lipinski definition) is 3. The Kier molecular flexibility index (Phi) is 2.29. The Labute approximate surface area is 76.6 Å². The molecule has 2 saturated heterocycles. The Balaban J connectivity index is 1.95. The van der Waals surface area contributed by atoms with Gasteiger partial charge in [0.1, 0.15) is 0 Å². The van der Waals surface area contributed by atoms with Gasteiger partial charge in [-0.15, -0.1) is 0 Å². The van der Waals surface area contributed by atoms with Crippen LogP contribution in [0.3, 0.4) is 0 Å². The highest BCUT2D eigenvalue weighted by molar-refractivity contribution is 4.79. The summed E-state index contributed by atoms with van der Waals surface area (Å²) in [6.45, 7) is 1.03. The van der Waals surface area contributed by atoms with Gasteiger partial charge in [-0.05, 0) is 12.8 Å². The summed E-state index contributed by atoms with van der Waals surface area (Å²) in [4.78, 5) is 0. The zero-order valence-electron chi connectivity index (χ0n) is 7.45. The first-order valence-electron chi connectivity index (χ1n) is 4.64. The van der Waals surface area contributed by atoms with Crippen LogP contribution in [0.1, 0.15) is 25.7 Å². The van der Waals surface area contributed by atoms with Gasteiger partial charge in [-0.2, -0.15) is 0 Å². The molecule has 5 heteroatoms. The summed E-state index contributed by atoms with van der Waals surface area (Å²) in [5.41, 5.74) is 0. The fourth-order valence-electron chi connectivity index (χ4n) is 1.75. The van der Waals surface area contributed by atoms with Crippen LogP contribution in [-0.2, 0) is 9.47 Å². The van der Waals surface area contributed by atoms with Gasteiger partial charge in [-0.3, -0.25) is 0 Å². The predicted octanol–water partition coefficient (Wildman–Crippen LogP) is -0.511. The smallest absolute Gasteiger partial charge is 0.229 e. The monoisotopic (exact) mass is 189 g/mol. The molecule has 76 valence electrons. The van der Waals surface area contributed by atoms with Gasteiger partial charge in [0.15, 0.2) is 0 Å². The van der Waals surface area contributed by atoms with E-state index in [1.165, 1.54) is 0 Å². The van der Waals surface area contributed by atoms with E-state index in [0.29, 0.717) is 26.1 Å². The van der Waals surface area contributed by atoms with E-state index in [4.69, 9.17) is 9.47 Å². The largest absolute Gasteiger partial charge is 0.353 e. The molecule has 3 N–H and O–H groups in total. The summed E-state index contributed by atoms with van der Waals surface area (Å²) in [7, 11) is 0. The van der Waals surface area contributed by atoms with Crippen molar-refractivity contribution < 1.29 is 19.7 Å². The molecule has 5 nitrogen and oxygen atoms in total. The van der Waals surface area contributed by atoms with Crippen molar-refractivity contribution in [1.82, 2.24) is 5.32 Å². The van der Waals surface area contributed by atoms with E-state index in [-0.39, 0.29) is 0 Å². The fraction of sp³-hybridized carbons (Fsp3) is 1.00. The molecule has 0 radical (unpaired) electrons. The van der Waals surface area contributed by atoms with Gasteiger partial charge in [0, 0.05) is 12.8 Å². The maximum Gasteiger partial charge on any atom is 0.229 e. The van der Waals surface area contributed by atoms with Gasteiger partial charge in [0.2, 0.25) is 11.8 Å². The molecule has 2 atom stereocenters. The maximum atomic E-state index is 9.74. The minimum atomic E-state index is -1.40. The standard InChI is InChI=1S/C8H15NO4/c10-7(3-1-5-12-7)9-8(11)4-2-6-13-8/h9-11H,1-6H2. The van der Waals surface area contributed by atoms with Crippen LogP contribution in [-0.4, -0.2) is 35.2 Å². The molecule has 0 aromatic carbocycles. The van der Waals surface area contributed by atoms with Crippen molar-refractivity contribution in [3.05, 3.63) is 0 Å². The molecule has 2 rings (SSSR count). The van der Waals surface area contributed by atoms with Crippen molar-refractivity contribution in [1.29, 1.82) is 0 Å². The van der Waals surface area contributed by atoms with Gasteiger partial charge in [-0.1, -0.05) is 0 Å². The molecular weight excluding hydrogens is 174 g/mol. The molecule has 13 heavy (non-hydrogen) atoms. The van der Waals surface area contributed by atoms with Crippen molar-refractivity contribution in [3.8, 4) is 0 Å². The SMILES string of the molecule is OC1(NC2(O)CCCO2)CCCO1. The van der Waals surface area contributed by atoms with Crippen LogP contribution in [0.25, 0.3) is 0 Å². The number of hydrogen-bond acceptors (Lipinski definition) is 5. The van der Waals surface area contributed by atoms with Crippen LogP contribution in [0.5, 0.6) is 0 Å². The average molecular weight is 189 g/mol. The van der Waals surface area contributed by atoms with Crippen LogP contribution < -0.4 is 5.32 Å². The highest BCUT2D eigenvalue weighted by atomic mass is 16.7. The quantitative estimate of drug-likeness (QED) is 0.510. The van der Waals surface area contributed by atoms with Crippen LogP contribution in [0.2, 0.25) is 0 Å². The van der Waals surface area contributed by atoms with E-state index in [2.05, 4.69) is 5.32 Å². The zero-order chi connectivity index (χ0) is 9.36. The minimum Gasteiger partial charge on any atom is -0.353 e. The Hall–Kier alpha value is -0.200. The number of rotatable bonds is 2. The van der Waals surface area contributed by atoms with Crippen LogP contribution >= 0.6 is 0 Å². The Morgan fingerprint density at radius 1 is 0.923 bits per heavy atom. The molecule has 2 aliphatic rings. The van der Waals surface area contributed by atoms with E-state index >= 15 is 0 Å². The summed E-state index contributed by atoms with van der Waals surface area (Å²) in [5.74, 6) is -2.81. The molecule has 2 unspecified atom stereocenters. The van der Waals surface area contributed by atoms with Crippen LogP contribution in [0.4, 0.5) is 0 Å². The van der Waals surface area contributed by atoms with E-state index in [1.54, 1.807) is 0 Å². The second-order valence-corrected chi connectivity index (χ2v) is 3.60. The first-order chi connectivity index (χ1) is 6.12. The first-order valence-corrected chi connectivity index (χ1v) is 4.64. The van der Waals surface area contributed by atoms with Crippen molar-refractivity contribution >= 4 is 0 Å². The Morgan fingerprint density at radius 2 is 1.38 bits per heavy atom. The van der Waals surface area contributed by atoms with Gasteiger partial charge in [0.05, 0.1) is 13.2 Å². The molecule has 0 aliphatic carbocycles.